The molecule has 4 nitrogen and oxygen atoms in total. The van der Waals surface area contributed by atoms with Crippen LogP contribution in [0.1, 0.15) is 63.7 Å². The van der Waals surface area contributed by atoms with Crippen LogP contribution in [0, 0.1) is 27.7 Å². The standard InChI is InChI=1S/C26H32N2O2/c1-17-8-10-21(11-9-17)23(28-12-6-5-7-13-28)16-27-26(29)25-20(4)22-14-18(2)19(3)15-24(22)30-25/h8-11,14-15,23H,5-7,12-13,16H2,1-4H3,(H,27,29). The minimum absolute atomic E-state index is 0.131. The van der Waals surface area contributed by atoms with Gasteiger partial charge in [-0.05, 0) is 82.4 Å². The van der Waals surface area contributed by atoms with Gasteiger partial charge in [-0.2, -0.15) is 0 Å². The van der Waals surface area contributed by atoms with E-state index in [0.717, 1.165) is 29.6 Å². The van der Waals surface area contributed by atoms with Gasteiger partial charge in [0.15, 0.2) is 5.76 Å². The predicted molar refractivity (Wildman–Crippen MR) is 122 cm³/mol. The summed E-state index contributed by atoms with van der Waals surface area (Å²) in [6.45, 7) is 11.0. The molecule has 1 amide bonds. The molecular formula is C26H32N2O2. The number of carbonyl (C=O) groups is 1. The third kappa shape index (κ3) is 4.15. The van der Waals surface area contributed by atoms with Crippen LogP contribution in [0.4, 0.5) is 0 Å². The third-order valence-corrected chi connectivity index (χ3v) is 6.51. The minimum Gasteiger partial charge on any atom is -0.451 e. The van der Waals surface area contributed by atoms with Crippen LogP contribution >= 0.6 is 0 Å². The Morgan fingerprint density at radius 1 is 1.00 bits per heavy atom. The molecule has 3 aromatic rings. The van der Waals surface area contributed by atoms with Gasteiger partial charge in [0.25, 0.3) is 5.91 Å². The van der Waals surface area contributed by atoms with E-state index in [4.69, 9.17) is 4.42 Å². The Hall–Kier alpha value is -2.59. The lowest BCUT2D eigenvalue weighted by molar-refractivity contribution is 0.0898. The maximum absolute atomic E-state index is 13.1. The first kappa shape index (κ1) is 20.7. The lowest BCUT2D eigenvalue weighted by Crippen LogP contribution is -2.40. The van der Waals surface area contributed by atoms with Gasteiger partial charge >= 0.3 is 0 Å². The average Bonchev–Trinajstić information content (AvgIpc) is 3.06. The molecule has 4 heteroatoms. The molecule has 30 heavy (non-hydrogen) atoms. The number of likely N-dealkylation sites (tertiary alicyclic amines) is 1. The smallest absolute Gasteiger partial charge is 0.287 e. The summed E-state index contributed by atoms with van der Waals surface area (Å²) >= 11 is 0. The quantitative estimate of drug-likeness (QED) is 0.600. The lowest BCUT2D eigenvalue weighted by atomic mass is 10.0. The van der Waals surface area contributed by atoms with E-state index in [2.05, 4.69) is 61.3 Å². The number of carbonyl (C=O) groups excluding carboxylic acids is 1. The number of fused-ring (bicyclic) bond motifs is 1. The highest BCUT2D eigenvalue weighted by Crippen LogP contribution is 2.29. The number of hydrogen-bond donors (Lipinski definition) is 1. The molecule has 2 heterocycles. The maximum Gasteiger partial charge on any atom is 0.287 e. The van der Waals surface area contributed by atoms with Gasteiger partial charge in [0, 0.05) is 17.5 Å². The van der Waals surface area contributed by atoms with Crippen LogP contribution in [0.25, 0.3) is 11.0 Å². The van der Waals surface area contributed by atoms with Crippen LogP contribution in [-0.2, 0) is 0 Å². The Morgan fingerprint density at radius 2 is 1.67 bits per heavy atom. The average molecular weight is 405 g/mol. The summed E-state index contributed by atoms with van der Waals surface area (Å²) in [7, 11) is 0. The zero-order valence-electron chi connectivity index (χ0n) is 18.5. The predicted octanol–water partition coefficient (Wildman–Crippen LogP) is 5.62. The summed E-state index contributed by atoms with van der Waals surface area (Å²) in [5.74, 6) is 0.296. The van der Waals surface area contributed by atoms with E-state index in [0.29, 0.717) is 12.3 Å². The van der Waals surface area contributed by atoms with Gasteiger partial charge in [0.2, 0.25) is 0 Å². The Morgan fingerprint density at radius 3 is 2.37 bits per heavy atom. The van der Waals surface area contributed by atoms with Gasteiger partial charge in [-0.3, -0.25) is 9.69 Å². The SMILES string of the molecule is Cc1ccc(C(CNC(=O)c2oc3cc(C)c(C)cc3c2C)N2CCCCC2)cc1. The fourth-order valence-corrected chi connectivity index (χ4v) is 4.44. The molecule has 1 aromatic heterocycles. The molecule has 0 bridgehead atoms. The van der Waals surface area contributed by atoms with E-state index in [1.807, 2.05) is 13.0 Å². The van der Waals surface area contributed by atoms with Gasteiger partial charge in [-0.25, -0.2) is 0 Å². The largest absolute Gasteiger partial charge is 0.451 e. The number of nitrogens with zero attached hydrogens (tertiary/aromatic N) is 1. The summed E-state index contributed by atoms with van der Waals surface area (Å²) in [4.78, 5) is 15.6. The Bertz CT molecular complexity index is 1040. The van der Waals surface area contributed by atoms with Crippen molar-refractivity contribution in [3.05, 3.63) is 70.0 Å². The second-order valence-corrected chi connectivity index (χ2v) is 8.72. The summed E-state index contributed by atoms with van der Waals surface area (Å²) < 4.78 is 5.97. The second-order valence-electron chi connectivity index (χ2n) is 8.72. The first-order chi connectivity index (χ1) is 14.4. The first-order valence-electron chi connectivity index (χ1n) is 11.0. The van der Waals surface area contributed by atoms with Crippen molar-refractivity contribution in [2.75, 3.05) is 19.6 Å². The molecule has 2 aromatic carbocycles. The normalized spacial score (nSPS) is 16.0. The molecule has 1 aliphatic heterocycles. The van der Waals surface area contributed by atoms with Crippen molar-refractivity contribution < 1.29 is 9.21 Å². The molecule has 0 radical (unpaired) electrons. The number of hydrogen-bond acceptors (Lipinski definition) is 3. The van der Waals surface area contributed by atoms with Gasteiger partial charge in [-0.1, -0.05) is 36.2 Å². The number of amides is 1. The molecule has 4 rings (SSSR count). The lowest BCUT2D eigenvalue weighted by Gasteiger charge is -2.35. The molecule has 1 N–H and O–H groups in total. The van der Waals surface area contributed by atoms with E-state index < -0.39 is 0 Å². The molecular weight excluding hydrogens is 372 g/mol. The number of nitrogens with one attached hydrogen (secondary N) is 1. The fourth-order valence-electron chi connectivity index (χ4n) is 4.44. The van der Waals surface area contributed by atoms with Crippen molar-refractivity contribution in [2.24, 2.45) is 0 Å². The highest BCUT2D eigenvalue weighted by Gasteiger charge is 2.25. The van der Waals surface area contributed by atoms with Crippen LogP contribution in [-0.4, -0.2) is 30.4 Å². The summed E-state index contributed by atoms with van der Waals surface area (Å²) in [5, 5.41) is 4.19. The zero-order valence-corrected chi connectivity index (χ0v) is 18.5. The van der Waals surface area contributed by atoms with Crippen molar-refractivity contribution in [3.8, 4) is 0 Å². The van der Waals surface area contributed by atoms with Crippen molar-refractivity contribution in [1.82, 2.24) is 10.2 Å². The monoisotopic (exact) mass is 404 g/mol. The van der Waals surface area contributed by atoms with Gasteiger partial charge in [0.05, 0.1) is 6.04 Å². The Kier molecular flexibility index (Phi) is 5.96. The number of rotatable bonds is 5. The summed E-state index contributed by atoms with van der Waals surface area (Å²) in [6.07, 6.45) is 3.73. The molecule has 0 aliphatic carbocycles. The van der Waals surface area contributed by atoms with Crippen LogP contribution < -0.4 is 5.32 Å². The molecule has 1 aliphatic rings. The molecule has 1 saturated heterocycles. The van der Waals surface area contributed by atoms with Crippen LogP contribution in [0.5, 0.6) is 0 Å². The molecule has 1 fully saturated rings. The van der Waals surface area contributed by atoms with Gasteiger partial charge < -0.3 is 9.73 Å². The maximum atomic E-state index is 13.1. The molecule has 0 spiro atoms. The number of piperidine rings is 1. The Balaban J connectivity index is 1.55. The van der Waals surface area contributed by atoms with E-state index in [9.17, 15) is 4.79 Å². The number of furan rings is 1. The van der Waals surface area contributed by atoms with Crippen LogP contribution in [0.2, 0.25) is 0 Å². The van der Waals surface area contributed by atoms with Gasteiger partial charge in [-0.15, -0.1) is 0 Å². The molecule has 1 atom stereocenters. The Labute approximate surface area is 179 Å². The summed E-state index contributed by atoms with van der Waals surface area (Å²) in [5.41, 5.74) is 6.59. The fraction of sp³-hybridized carbons (Fsp3) is 0.423. The molecule has 158 valence electrons. The second kappa shape index (κ2) is 8.65. The van der Waals surface area contributed by atoms with Crippen molar-refractivity contribution >= 4 is 16.9 Å². The zero-order chi connectivity index (χ0) is 21.3. The first-order valence-corrected chi connectivity index (χ1v) is 11.0. The number of benzene rings is 2. The van der Waals surface area contributed by atoms with Gasteiger partial charge in [0.1, 0.15) is 5.58 Å². The minimum atomic E-state index is -0.131. The van der Waals surface area contributed by atoms with Crippen molar-refractivity contribution in [3.63, 3.8) is 0 Å². The highest BCUT2D eigenvalue weighted by molar-refractivity contribution is 5.99. The van der Waals surface area contributed by atoms with E-state index in [1.165, 1.54) is 41.5 Å². The van der Waals surface area contributed by atoms with E-state index in [-0.39, 0.29) is 11.9 Å². The summed E-state index contributed by atoms with van der Waals surface area (Å²) in [6, 6.07) is 13.0. The third-order valence-electron chi connectivity index (χ3n) is 6.51. The molecule has 1 unspecified atom stereocenters. The van der Waals surface area contributed by atoms with E-state index >= 15 is 0 Å². The number of aryl methyl sites for hydroxylation is 4. The van der Waals surface area contributed by atoms with Crippen molar-refractivity contribution in [2.45, 2.75) is 53.0 Å². The topological polar surface area (TPSA) is 45.5 Å². The van der Waals surface area contributed by atoms with E-state index in [1.54, 1.807) is 0 Å². The van der Waals surface area contributed by atoms with Crippen molar-refractivity contribution in [1.29, 1.82) is 0 Å². The highest BCUT2D eigenvalue weighted by atomic mass is 16.3. The van der Waals surface area contributed by atoms with Crippen LogP contribution in [0.15, 0.2) is 40.8 Å². The molecule has 0 saturated carbocycles. The van der Waals surface area contributed by atoms with Crippen LogP contribution in [0.3, 0.4) is 0 Å².